The number of methoxy groups -OCH3 is 1. The highest BCUT2D eigenvalue weighted by atomic mass is 32.1. The van der Waals surface area contributed by atoms with Gasteiger partial charge in [-0.25, -0.2) is 0 Å². The molecule has 0 aliphatic carbocycles. The molecule has 3 rings (SSSR count). The maximum atomic E-state index is 12.4. The molecule has 0 bridgehead atoms. The maximum absolute atomic E-state index is 12.4. The molecule has 5 heteroatoms. The van der Waals surface area contributed by atoms with Gasteiger partial charge in [0.25, 0.3) is 5.91 Å². The minimum Gasteiger partial charge on any atom is -0.497 e. The predicted molar refractivity (Wildman–Crippen MR) is 106 cm³/mol. The number of amides is 1. The van der Waals surface area contributed by atoms with Crippen molar-refractivity contribution in [1.82, 2.24) is 0 Å². The van der Waals surface area contributed by atoms with Gasteiger partial charge in [0.05, 0.1) is 12.0 Å². The van der Waals surface area contributed by atoms with Crippen LogP contribution in [0.5, 0.6) is 11.5 Å². The zero-order valence-electron chi connectivity index (χ0n) is 15.0. The summed E-state index contributed by atoms with van der Waals surface area (Å²) in [4.78, 5) is 13.1. The molecule has 1 N–H and O–H groups in total. The van der Waals surface area contributed by atoms with Crippen molar-refractivity contribution in [2.45, 2.75) is 20.5 Å². The van der Waals surface area contributed by atoms with Crippen molar-refractivity contribution >= 4 is 22.9 Å². The van der Waals surface area contributed by atoms with Crippen LogP contribution in [-0.2, 0) is 6.61 Å². The summed E-state index contributed by atoms with van der Waals surface area (Å²) in [6.07, 6.45) is 0. The summed E-state index contributed by atoms with van der Waals surface area (Å²) in [6, 6.07) is 15.2. The van der Waals surface area contributed by atoms with Crippen LogP contribution in [0.2, 0.25) is 0 Å². The van der Waals surface area contributed by atoms with Crippen molar-refractivity contribution in [3.63, 3.8) is 0 Å². The van der Waals surface area contributed by atoms with E-state index < -0.39 is 0 Å². The average molecular weight is 367 g/mol. The number of hydrogen-bond acceptors (Lipinski definition) is 4. The van der Waals surface area contributed by atoms with Crippen LogP contribution in [0.25, 0.3) is 0 Å². The third-order valence-corrected chi connectivity index (χ3v) is 5.13. The lowest BCUT2D eigenvalue weighted by atomic mass is 10.1. The molecule has 0 aliphatic heterocycles. The van der Waals surface area contributed by atoms with Crippen LogP contribution in [0.1, 0.15) is 26.4 Å². The largest absolute Gasteiger partial charge is 0.497 e. The van der Waals surface area contributed by atoms with E-state index in [1.54, 1.807) is 13.2 Å². The van der Waals surface area contributed by atoms with Crippen LogP contribution in [0.4, 0.5) is 5.69 Å². The SMILES string of the molecule is COc1cccc(NC(=O)c2cc(COc3cccc(C)c3C)cs2)c1. The lowest BCUT2D eigenvalue weighted by Crippen LogP contribution is -2.10. The fourth-order valence-electron chi connectivity index (χ4n) is 2.51. The summed E-state index contributed by atoms with van der Waals surface area (Å²) in [5.41, 5.74) is 4.02. The van der Waals surface area contributed by atoms with E-state index in [0.29, 0.717) is 22.9 Å². The van der Waals surface area contributed by atoms with E-state index in [0.717, 1.165) is 16.9 Å². The smallest absolute Gasteiger partial charge is 0.265 e. The number of aryl methyl sites for hydroxylation is 1. The molecule has 1 amide bonds. The summed E-state index contributed by atoms with van der Waals surface area (Å²) >= 11 is 1.41. The van der Waals surface area contributed by atoms with Crippen LogP contribution < -0.4 is 14.8 Å². The van der Waals surface area contributed by atoms with E-state index in [1.807, 2.05) is 48.7 Å². The third kappa shape index (κ3) is 4.24. The Morgan fingerprint density at radius 1 is 1.12 bits per heavy atom. The van der Waals surface area contributed by atoms with Crippen LogP contribution in [0.3, 0.4) is 0 Å². The average Bonchev–Trinajstić information content (AvgIpc) is 3.12. The number of anilines is 1. The molecule has 134 valence electrons. The van der Waals surface area contributed by atoms with Crippen molar-refractivity contribution in [2.75, 3.05) is 12.4 Å². The van der Waals surface area contributed by atoms with Crippen LogP contribution >= 0.6 is 11.3 Å². The van der Waals surface area contributed by atoms with Crippen molar-refractivity contribution in [1.29, 1.82) is 0 Å². The second kappa shape index (κ2) is 8.06. The second-order valence-corrected chi connectivity index (χ2v) is 6.90. The van der Waals surface area contributed by atoms with E-state index in [1.165, 1.54) is 16.9 Å². The van der Waals surface area contributed by atoms with Crippen molar-refractivity contribution in [3.8, 4) is 11.5 Å². The highest BCUT2D eigenvalue weighted by Gasteiger charge is 2.11. The van der Waals surface area contributed by atoms with Gasteiger partial charge in [-0.15, -0.1) is 11.3 Å². The highest BCUT2D eigenvalue weighted by molar-refractivity contribution is 7.12. The van der Waals surface area contributed by atoms with E-state index in [-0.39, 0.29) is 5.91 Å². The van der Waals surface area contributed by atoms with Gasteiger partial charge in [0.15, 0.2) is 0 Å². The molecular weight excluding hydrogens is 346 g/mol. The summed E-state index contributed by atoms with van der Waals surface area (Å²) < 4.78 is 11.1. The Morgan fingerprint density at radius 2 is 1.92 bits per heavy atom. The Hall–Kier alpha value is -2.79. The number of hydrogen-bond donors (Lipinski definition) is 1. The van der Waals surface area contributed by atoms with Crippen LogP contribution in [0, 0.1) is 13.8 Å². The molecule has 0 spiro atoms. The minimum absolute atomic E-state index is 0.138. The molecule has 0 radical (unpaired) electrons. The summed E-state index contributed by atoms with van der Waals surface area (Å²) in [6.45, 7) is 4.55. The quantitative estimate of drug-likeness (QED) is 0.651. The first-order valence-corrected chi connectivity index (χ1v) is 9.16. The number of carbonyl (C=O) groups excluding carboxylic acids is 1. The Labute approximate surface area is 157 Å². The van der Waals surface area contributed by atoms with Gasteiger partial charge in [-0.1, -0.05) is 18.2 Å². The van der Waals surface area contributed by atoms with E-state index in [9.17, 15) is 4.79 Å². The molecule has 26 heavy (non-hydrogen) atoms. The van der Waals surface area contributed by atoms with Gasteiger partial charge in [-0.2, -0.15) is 0 Å². The van der Waals surface area contributed by atoms with Crippen molar-refractivity contribution in [2.24, 2.45) is 0 Å². The molecule has 0 saturated carbocycles. The van der Waals surface area contributed by atoms with Gasteiger partial charge >= 0.3 is 0 Å². The van der Waals surface area contributed by atoms with Gasteiger partial charge < -0.3 is 14.8 Å². The lowest BCUT2D eigenvalue weighted by molar-refractivity contribution is 0.103. The van der Waals surface area contributed by atoms with Crippen molar-refractivity contribution < 1.29 is 14.3 Å². The van der Waals surface area contributed by atoms with Gasteiger partial charge in [0.1, 0.15) is 18.1 Å². The molecule has 0 saturated heterocycles. The Morgan fingerprint density at radius 3 is 2.73 bits per heavy atom. The van der Waals surface area contributed by atoms with Gasteiger partial charge in [-0.3, -0.25) is 4.79 Å². The molecular formula is C21H21NO3S. The number of rotatable bonds is 6. The second-order valence-electron chi connectivity index (χ2n) is 5.99. The molecule has 0 unspecified atom stereocenters. The number of benzene rings is 2. The molecule has 0 fully saturated rings. The summed E-state index contributed by atoms with van der Waals surface area (Å²) in [5.74, 6) is 1.44. The number of thiophene rings is 1. The molecule has 0 aliphatic rings. The molecule has 2 aromatic carbocycles. The van der Waals surface area contributed by atoms with Crippen molar-refractivity contribution in [3.05, 3.63) is 75.5 Å². The zero-order valence-corrected chi connectivity index (χ0v) is 15.9. The Bertz CT molecular complexity index is 917. The first-order chi connectivity index (χ1) is 12.6. The van der Waals surface area contributed by atoms with E-state index >= 15 is 0 Å². The first-order valence-electron chi connectivity index (χ1n) is 8.28. The minimum atomic E-state index is -0.138. The van der Waals surface area contributed by atoms with E-state index in [4.69, 9.17) is 9.47 Å². The summed E-state index contributed by atoms with van der Waals surface area (Å²) in [7, 11) is 1.60. The van der Waals surface area contributed by atoms with Crippen LogP contribution in [-0.4, -0.2) is 13.0 Å². The fraction of sp³-hybridized carbons (Fsp3) is 0.190. The van der Waals surface area contributed by atoms with Gasteiger partial charge in [0, 0.05) is 17.3 Å². The Kier molecular flexibility index (Phi) is 5.58. The predicted octanol–water partition coefficient (Wildman–Crippen LogP) is 5.20. The van der Waals surface area contributed by atoms with E-state index in [2.05, 4.69) is 18.3 Å². The van der Waals surface area contributed by atoms with Gasteiger partial charge in [0.2, 0.25) is 0 Å². The molecule has 1 heterocycles. The molecule has 1 aromatic heterocycles. The molecule has 3 aromatic rings. The first kappa shape index (κ1) is 18.0. The molecule has 0 atom stereocenters. The zero-order chi connectivity index (χ0) is 18.5. The molecule has 4 nitrogen and oxygen atoms in total. The topological polar surface area (TPSA) is 47.6 Å². The number of nitrogens with one attached hydrogen (secondary N) is 1. The third-order valence-electron chi connectivity index (χ3n) is 4.15. The number of ether oxygens (including phenoxy) is 2. The summed E-state index contributed by atoms with van der Waals surface area (Å²) in [5, 5.41) is 4.84. The lowest BCUT2D eigenvalue weighted by Gasteiger charge is -2.09. The maximum Gasteiger partial charge on any atom is 0.265 e. The van der Waals surface area contributed by atoms with Crippen LogP contribution in [0.15, 0.2) is 53.9 Å². The van der Waals surface area contributed by atoms with Gasteiger partial charge in [-0.05, 0) is 54.6 Å². The highest BCUT2D eigenvalue weighted by Crippen LogP contribution is 2.24. The normalized spacial score (nSPS) is 10.4. The fourth-order valence-corrected chi connectivity index (χ4v) is 3.30. The standard InChI is InChI=1S/C21H21NO3S/c1-14-6-4-9-19(15(14)2)25-12-16-10-20(26-13-16)21(23)22-17-7-5-8-18(11-17)24-3/h4-11,13H,12H2,1-3H3,(H,22,23). The monoisotopic (exact) mass is 367 g/mol. The number of carbonyl (C=O) groups is 1. The Balaban J connectivity index is 1.63.